The highest BCUT2D eigenvalue weighted by atomic mass is 19.1. The molecule has 4 nitrogen and oxygen atoms in total. The lowest BCUT2D eigenvalue weighted by Crippen LogP contribution is -2.41. The molecule has 0 bridgehead atoms. The number of hydrogen-bond acceptors (Lipinski definition) is 2. The quantitative estimate of drug-likeness (QED) is 0.576. The molecular formula is C23H24F3N3O. The second-order valence-corrected chi connectivity index (χ2v) is 8.05. The summed E-state index contributed by atoms with van der Waals surface area (Å²) in [6.07, 6.45) is 4.95. The predicted molar refractivity (Wildman–Crippen MR) is 110 cm³/mol. The van der Waals surface area contributed by atoms with E-state index in [1.165, 1.54) is 18.2 Å². The summed E-state index contributed by atoms with van der Waals surface area (Å²) in [7, 11) is 1.76. The van der Waals surface area contributed by atoms with Crippen LogP contribution < -0.4 is 11.1 Å². The van der Waals surface area contributed by atoms with E-state index in [2.05, 4.69) is 10.3 Å². The summed E-state index contributed by atoms with van der Waals surface area (Å²) < 4.78 is 40.8. The fourth-order valence-electron chi connectivity index (χ4n) is 3.95. The summed E-state index contributed by atoms with van der Waals surface area (Å²) in [5.41, 5.74) is 7.55. The molecule has 2 aromatic carbocycles. The first-order valence-corrected chi connectivity index (χ1v) is 10.1. The van der Waals surface area contributed by atoms with Crippen LogP contribution in [0.3, 0.4) is 0 Å². The minimum absolute atomic E-state index is 0.222. The smallest absolute Gasteiger partial charge is 0.237 e. The lowest BCUT2D eigenvalue weighted by atomic mass is 9.78. The van der Waals surface area contributed by atoms with Gasteiger partial charge in [0, 0.05) is 11.5 Å². The van der Waals surface area contributed by atoms with E-state index >= 15 is 0 Å². The summed E-state index contributed by atoms with van der Waals surface area (Å²) in [5.74, 6) is -1.41. The lowest BCUT2D eigenvalue weighted by molar-refractivity contribution is -0.120. The Balaban J connectivity index is 0.000000230. The van der Waals surface area contributed by atoms with Crippen LogP contribution in [-0.4, -0.2) is 23.5 Å². The molecule has 5 rings (SSSR count). The maximum absolute atomic E-state index is 14.1. The zero-order chi connectivity index (χ0) is 21.5. The van der Waals surface area contributed by atoms with Crippen molar-refractivity contribution in [2.75, 3.05) is 7.05 Å². The summed E-state index contributed by atoms with van der Waals surface area (Å²) in [4.78, 5) is 13.6. The number of halogens is 3. The van der Waals surface area contributed by atoms with Crippen LogP contribution in [0.25, 0.3) is 22.2 Å². The molecule has 0 radical (unpaired) electrons. The van der Waals surface area contributed by atoms with Gasteiger partial charge in [-0.1, -0.05) is 6.42 Å². The Morgan fingerprint density at radius 2 is 1.77 bits per heavy atom. The molecular weight excluding hydrogens is 391 g/mol. The van der Waals surface area contributed by atoms with Crippen LogP contribution in [0.4, 0.5) is 13.2 Å². The van der Waals surface area contributed by atoms with Crippen molar-refractivity contribution in [1.82, 2.24) is 10.3 Å². The molecule has 30 heavy (non-hydrogen) atoms. The monoisotopic (exact) mass is 415 g/mol. The Morgan fingerprint density at radius 1 is 1.10 bits per heavy atom. The van der Waals surface area contributed by atoms with Crippen LogP contribution in [0, 0.1) is 17.5 Å². The standard InChI is InChI=1S/C18H14F3N.C5H10N2O/c19-12-6-4-11(5-7-12)17-16(10-2-1-3-10)14-8-13(20)9-15(21)18(14)22-17;1-7-5(2-3-5)4(6)8/h4-10,22H,1-3H2;7H,2-3H2,1H3,(H2,6,8). The number of amides is 1. The summed E-state index contributed by atoms with van der Waals surface area (Å²) >= 11 is 0. The third kappa shape index (κ3) is 3.69. The first-order chi connectivity index (χ1) is 14.3. The Bertz CT molecular complexity index is 1080. The molecule has 2 fully saturated rings. The van der Waals surface area contributed by atoms with Crippen LogP contribution in [0.15, 0.2) is 36.4 Å². The largest absolute Gasteiger partial charge is 0.368 e. The minimum atomic E-state index is -0.594. The van der Waals surface area contributed by atoms with E-state index in [4.69, 9.17) is 5.73 Å². The highest BCUT2D eigenvalue weighted by Crippen LogP contribution is 2.45. The van der Waals surface area contributed by atoms with Crippen LogP contribution in [0.2, 0.25) is 0 Å². The van der Waals surface area contributed by atoms with Crippen molar-refractivity contribution in [2.24, 2.45) is 5.73 Å². The van der Waals surface area contributed by atoms with Crippen molar-refractivity contribution < 1.29 is 18.0 Å². The van der Waals surface area contributed by atoms with Crippen molar-refractivity contribution in [3.63, 3.8) is 0 Å². The number of likely N-dealkylation sites (N-methyl/N-ethyl adjacent to an activating group) is 1. The van der Waals surface area contributed by atoms with E-state index in [1.807, 2.05) is 0 Å². The molecule has 0 saturated heterocycles. The van der Waals surface area contributed by atoms with Gasteiger partial charge >= 0.3 is 0 Å². The number of rotatable bonds is 4. The zero-order valence-corrected chi connectivity index (χ0v) is 16.7. The molecule has 2 aliphatic carbocycles. The van der Waals surface area contributed by atoms with Crippen molar-refractivity contribution in [1.29, 1.82) is 0 Å². The molecule has 3 aromatic rings. The number of nitrogens with one attached hydrogen (secondary N) is 2. The zero-order valence-electron chi connectivity index (χ0n) is 16.7. The van der Waals surface area contributed by atoms with Crippen molar-refractivity contribution in [3.05, 3.63) is 59.4 Å². The van der Waals surface area contributed by atoms with Crippen LogP contribution in [0.1, 0.15) is 43.6 Å². The minimum Gasteiger partial charge on any atom is -0.368 e. The third-order valence-corrected chi connectivity index (χ3v) is 6.21. The third-order valence-electron chi connectivity index (χ3n) is 6.21. The maximum Gasteiger partial charge on any atom is 0.237 e. The van der Waals surface area contributed by atoms with Crippen molar-refractivity contribution >= 4 is 16.8 Å². The number of aromatic nitrogens is 1. The van der Waals surface area contributed by atoms with E-state index in [-0.39, 0.29) is 17.3 Å². The van der Waals surface area contributed by atoms with Gasteiger partial charge in [-0.2, -0.15) is 0 Å². The Hall–Kier alpha value is -2.80. The Labute approximate surface area is 172 Å². The highest BCUT2D eigenvalue weighted by Gasteiger charge is 2.46. The first kappa shape index (κ1) is 20.5. The number of fused-ring (bicyclic) bond motifs is 1. The number of H-pyrrole nitrogens is 1. The molecule has 0 atom stereocenters. The fourth-order valence-corrected chi connectivity index (χ4v) is 3.95. The summed E-state index contributed by atoms with van der Waals surface area (Å²) in [6, 6.07) is 8.35. The fraction of sp³-hybridized carbons (Fsp3) is 0.348. The molecule has 1 aromatic heterocycles. The van der Waals surface area contributed by atoms with Gasteiger partial charge in [-0.25, -0.2) is 13.2 Å². The molecule has 2 saturated carbocycles. The van der Waals surface area contributed by atoms with E-state index in [9.17, 15) is 18.0 Å². The molecule has 0 aliphatic heterocycles. The summed E-state index contributed by atoms with van der Waals surface area (Å²) in [5, 5.41) is 3.48. The van der Waals surface area contributed by atoms with E-state index in [1.54, 1.807) is 19.2 Å². The number of benzene rings is 2. The van der Waals surface area contributed by atoms with Gasteiger partial charge in [-0.15, -0.1) is 0 Å². The van der Waals surface area contributed by atoms with Crippen LogP contribution >= 0.6 is 0 Å². The molecule has 158 valence electrons. The normalized spacial score (nSPS) is 17.2. The van der Waals surface area contributed by atoms with Crippen molar-refractivity contribution in [2.45, 2.75) is 43.6 Å². The van der Waals surface area contributed by atoms with E-state index < -0.39 is 11.6 Å². The van der Waals surface area contributed by atoms with Crippen molar-refractivity contribution in [3.8, 4) is 11.3 Å². The Morgan fingerprint density at radius 3 is 2.23 bits per heavy atom. The number of nitrogens with two attached hydrogens (primary N) is 1. The lowest BCUT2D eigenvalue weighted by Gasteiger charge is -2.26. The molecule has 7 heteroatoms. The number of carbonyl (C=O) groups is 1. The van der Waals surface area contributed by atoms with Gasteiger partial charge < -0.3 is 16.0 Å². The molecule has 0 spiro atoms. The van der Waals surface area contributed by atoms with Gasteiger partial charge in [0.2, 0.25) is 5.91 Å². The first-order valence-electron chi connectivity index (χ1n) is 10.1. The van der Waals surface area contributed by atoms with Gasteiger partial charge in [0.15, 0.2) is 0 Å². The number of aromatic amines is 1. The molecule has 4 N–H and O–H groups in total. The van der Waals surface area contributed by atoms with E-state index in [0.717, 1.165) is 55.0 Å². The summed E-state index contributed by atoms with van der Waals surface area (Å²) in [6.45, 7) is 0. The molecule has 1 heterocycles. The average Bonchev–Trinajstić information content (AvgIpc) is 3.40. The number of hydrogen-bond donors (Lipinski definition) is 3. The van der Waals surface area contributed by atoms with Crippen LogP contribution in [0.5, 0.6) is 0 Å². The van der Waals surface area contributed by atoms with E-state index in [0.29, 0.717) is 16.8 Å². The van der Waals surface area contributed by atoms with Gasteiger partial charge in [0.05, 0.1) is 16.7 Å². The van der Waals surface area contributed by atoms with Gasteiger partial charge in [0.1, 0.15) is 17.5 Å². The predicted octanol–water partition coefficient (Wildman–Crippen LogP) is 4.74. The average molecular weight is 415 g/mol. The highest BCUT2D eigenvalue weighted by molar-refractivity contribution is 5.92. The SMILES string of the molecule is CNC1(C(N)=O)CC1.Fc1ccc(-c2[nH]c3c(F)cc(F)cc3c2C2CCC2)cc1. The number of carbonyl (C=O) groups excluding carboxylic acids is 1. The molecule has 1 amide bonds. The molecule has 0 unspecified atom stereocenters. The second kappa shape index (κ2) is 7.80. The van der Waals surface area contributed by atoms with Gasteiger partial charge in [-0.05, 0) is 80.1 Å². The molecule has 2 aliphatic rings. The maximum atomic E-state index is 14.1. The second-order valence-electron chi connectivity index (χ2n) is 8.05. The Kier molecular flexibility index (Phi) is 5.32. The van der Waals surface area contributed by atoms with Gasteiger partial charge in [0.25, 0.3) is 0 Å². The van der Waals surface area contributed by atoms with Crippen LogP contribution in [-0.2, 0) is 4.79 Å². The number of primary amides is 1. The topological polar surface area (TPSA) is 70.9 Å². The van der Waals surface area contributed by atoms with Gasteiger partial charge in [-0.3, -0.25) is 4.79 Å².